The van der Waals surface area contributed by atoms with Gasteiger partial charge in [0.1, 0.15) is 6.61 Å². The Kier molecular flexibility index (Phi) is 5.88. The number of ether oxygens (including phenoxy) is 1. The molecule has 0 heterocycles. The van der Waals surface area contributed by atoms with Crippen LogP contribution in [0.5, 0.6) is 0 Å². The van der Waals surface area contributed by atoms with Crippen LogP contribution in [-0.4, -0.2) is 24.2 Å². The zero-order valence-corrected chi connectivity index (χ0v) is 18.2. The Bertz CT molecular complexity index is 714. The van der Waals surface area contributed by atoms with Gasteiger partial charge in [-0.15, -0.1) is 17.5 Å². The second kappa shape index (κ2) is 8.08. The maximum absolute atomic E-state index is 9.05. The molecule has 154 valence electrons. The molecular formula is C25H35ClO2. The molecule has 2 nitrogen and oxygen atoms in total. The zero-order chi connectivity index (χ0) is 19.8. The minimum absolute atomic E-state index is 0.0908. The standard InChI is InChI=1S/C25H35ClO2/c1-24-13-11-23-21(22(24)9-7-18(24)5-3-4-14-26)8-6-19-17-20(28-16-15-27)10-12-25(19,23)2/h6,17-18,21-23,27H,4,7-16H2,1-2H3/t18-,21+,22+,23+,24-,25+/m1/s1. The van der Waals surface area contributed by atoms with Crippen molar-refractivity contribution in [1.82, 2.24) is 0 Å². The molecule has 0 aromatic carbocycles. The highest BCUT2D eigenvalue weighted by Crippen LogP contribution is 2.65. The molecule has 0 saturated heterocycles. The van der Waals surface area contributed by atoms with Crippen LogP contribution in [-0.2, 0) is 4.74 Å². The molecule has 0 amide bonds. The summed E-state index contributed by atoms with van der Waals surface area (Å²) in [5.41, 5.74) is 2.17. The largest absolute Gasteiger partial charge is 0.496 e. The Hall–Kier alpha value is -0.910. The molecular weight excluding hydrogens is 368 g/mol. The van der Waals surface area contributed by atoms with Crippen LogP contribution in [0.2, 0.25) is 0 Å². The second-order valence-corrected chi connectivity index (χ2v) is 10.2. The molecule has 0 aliphatic heterocycles. The number of hydrogen-bond donors (Lipinski definition) is 1. The first-order valence-corrected chi connectivity index (χ1v) is 11.8. The van der Waals surface area contributed by atoms with E-state index in [4.69, 9.17) is 21.4 Å². The average molecular weight is 403 g/mol. The van der Waals surface area contributed by atoms with Gasteiger partial charge in [0.2, 0.25) is 0 Å². The molecule has 4 aliphatic rings. The summed E-state index contributed by atoms with van der Waals surface area (Å²) in [5.74, 6) is 11.6. The highest BCUT2D eigenvalue weighted by Gasteiger charge is 2.57. The molecule has 1 N–H and O–H groups in total. The minimum atomic E-state index is 0.0908. The van der Waals surface area contributed by atoms with Gasteiger partial charge in [-0.3, -0.25) is 0 Å². The highest BCUT2D eigenvalue weighted by atomic mass is 35.5. The highest BCUT2D eigenvalue weighted by molar-refractivity contribution is 6.18. The van der Waals surface area contributed by atoms with Crippen LogP contribution in [0.1, 0.15) is 65.2 Å². The Morgan fingerprint density at radius 3 is 2.86 bits per heavy atom. The fourth-order valence-corrected chi connectivity index (χ4v) is 7.16. The molecule has 3 heteroatoms. The lowest BCUT2D eigenvalue weighted by Crippen LogP contribution is -2.49. The van der Waals surface area contributed by atoms with Crippen molar-refractivity contribution in [2.24, 2.45) is 34.5 Å². The Morgan fingerprint density at radius 1 is 1.21 bits per heavy atom. The van der Waals surface area contributed by atoms with Crippen molar-refractivity contribution in [2.45, 2.75) is 65.2 Å². The third-order valence-electron chi connectivity index (χ3n) is 8.61. The van der Waals surface area contributed by atoms with Gasteiger partial charge in [0, 0.05) is 24.6 Å². The molecule has 0 aromatic rings. The van der Waals surface area contributed by atoms with Crippen molar-refractivity contribution in [3.05, 3.63) is 23.5 Å². The van der Waals surface area contributed by atoms with Crippen molar-refractivity contribution in [1.29, 1.82) is 0 Å². The number of alkyl halides is 1. The van der Waals surface area contributed by atoms with E-state index >= 15 is 0 Å². The fourth-order valence-electron chi connectivity index (χ4n) is 7.07. The number of allylic oxidation sites excluding steroid dienone is 4. The van der Waals surface area contributed by atoms with Crippen molar-refractivity contribution < 1.29 is 9.84 Å². The topological polar surface area (TPSA) is 29.5 Å². The number of halogens is 1. The van der Waals surface area contributed by atoms with Gasteiger partial charge in [-0.05, 0) is 78.8 Å². The summed E-state index contributed by atoms with van der Waals surface area (Å²) in [6.07, 6.45) is 14.3. The number of hydrogen-bond acceptors (Lipinski definition) is 2. The van der Waals surface area contributed by atoms with Crippen molar-refractivity contribution in [2.75, 3.05) is 19.1 Å². The van der Waals surface area contributed by atoms with E-state index in [1.54, 1.807) is 0 Å². The minimum Gasteiger partial charge on any atom is -0.496 e. The van der Waals surface area contributed by atoms with Crippen LogP contribution in [0.15, 0.2) is 23.5 Å². The molecule has 0 unspecified atom stereocenters. The van der Waals surface area contributed by atoms with E-state index in [0.717, 1.165) is 36.4 Å². The van der Waals surface area contributed by atoms with E-state index in [-0.39, 0.29) is 6.61 Å². The Labute approximate surface area is 175 Å². The van der Waals surface area contributed by atoms with Crippen LogP contribution in [0.3, 0.4) is 0 Å². The lowest BCUT2D eigenvalue weighted by molar-refractivity contribution is -0.0298. The van der Waals surface area contributed by atoms with Crippen molar-refractivity contribution in [3.8, 4) is 11.8 Å². The van der Waals surface area contributed by atoms with E-state index in [0.29, 0.717) is 29.2 Å². The van der Waals surface area contributed by atoms with Crippen molar-refractivity contribution >= 4 is 11.6 Å². The maximum Gasteiger partial charge on any atom is 0.111 e. The molecule has 4 rings (SSSR count). The van der Waals surface area contributed by atoms with Gasteiger partial charge in [-0.1, -0.05) is 25.8 Å². The molecule has 2 saturated carbocycles. The maximum atomic E-state index is 9.05. The van der Waals surface area contributed by atoms with Crippen LogP contribution in [0.25, 0.3) is 0 Å². The summed E-state index contributed by atoms with van der Waals surface area (Å²) in [7, 11) is 0. The molecule has 6 atom stereocenters. The summed E-state index contributed by atoms with van der Waals surface area (Å²) in [6.45, 7) is 5.54. The van der Waals surface area contributed by atoms with E-state index < -0.39 is 0 Å². The smallest absolute Gasteiger partial charge is 0.111 e. The van der Waals surface area contributed by atoms with Gasteiger partial charge in [-0.2, -0.15) is 0 Å². The SMILES string of the molecule is C[C@]12CC[C@H]3[C@@H](CC=C4C=C(OCCO)CC[C@@]43C)[C@@H]1CC[C@H]2C#CCCCl. The van der Waals surface area contributed by atoms with Crippen LogP contribution in [0, 0.1) is 46.3 Å². The Morgan fingerprint density at radius 2 is 2.07 bits per heavy atom. The summed E-state index contributed by atoms with van der Waals surface area (Å²) in [6, 6.07) is 0. The summed E-state index contributed by atoms with van der Waals surface area (Å²) < 4.78 is 5.75. The van der Waals surface area contributed by atoms with Crippen molar-refractivity contribution in [3.63, 3.8) is 0 Å². The average Bonchev–Trinajstić information content (AvgIpc) is 3.03. The first-order valence-electron chi connectivity index (χ1n) is 11.2. The summed E-state index contributed by atoms with van der Waals surface area (Å²) >= 11 is 5.83. The number of aliphatic hydroxyl groups is 1. The summed E-state index contributed by atoms with van der Waals surface area (Å²) in [4.78, 5) is 0. The van der Waals surface area contributed by atoms with Gasteiger partial charge < -0.3 is 9.84 Å². The van der Waals surface area contributed by atoms with Gasteiger partial charge >= 0.3 is 0 Å². The molecule has 2 fully saturated rings. The fraction of sp³-hybridized carbons (Fsp3) is 0.760. The first kappa shape index (κ1) is 20.4. The van der Waals surface area contributed by atoms with Gasteiger partial charge in [0.15, 0.2) is 0 Å². The van der Waals surface area contributed by atoms with E-state index in [1.807, 2.05) is 0 Å². The molecule has 0 aromatic heterocycles. The normalized spacial score (nSPS) is 41.6. The summed E-state index contributed by atoms with van der Waals surface area (Å²) in [5, 5.41) is 9.05. The lowest BCUT2D eigenvalue weighted by atomic mass is 9.48. The van der Waals surface area contributed by atoms with Gasteiger partial charge in [-0.25, -0.2) is 0 Å². The number of fused-ring (bicyclic) bond motifs is 5. The van der Waals surface area contributed by atoms with Crippen LogP contribution in [0.4, 0.5) is 0 Å². The molecule has 0 radical (unpaired) electrons. The molecule has 4 aliphatic carbocycles. The van der Waals surface area contributed by atoms with Crippen LogP contribution >= 0.6 is 11.6 Å². The van der Waals surface area contributed by atoms with E-state index in [2.05, 4.69) is 37.8 Å². The van der Waals surface area contributed by atoms with E-state index in [9.17, 15) is 0 Å². The second-order valence-electron chi connectivity index (χ2n) is 9.81. The van der Waals surface area contributed by atoms with E-state index in [1.165, 1.54) is 44.1 Å². The molecule has 0 spiro atoms. The first-order chi connectivity index (χ1) is 13.5. The van der Waals surface area contributed by atoms with Gasteiger partial charge in [0.05, 0.1) is 12.4 Å². The van der Waals surface area contributed by atoms with Gasteiger partial charge in [0.25, 0.3) is 0 Å². The molecule has 28 heavy (non-hydrogen) atoms. The molecule has 0 bridgehead atoms. The number of rotatable bonds is 4. The predicted octanol–water partition coefficient (Wildman–Crippen LogP) is 5.70. The third-order valence-corrected chi connectivity index (χ3v) is 8.80. The quantitative estimate of drug-likeness (QED) is 0.482. The third kappa shape index (κ3) is 3.33. The zero-order valence-electron chi connectivity index (χ0n) is 17.5. The van der Waals surface area contributed by atoms with Crippen LogP contribution < -0.4 is 0 Å². The predicted molar refractivity (Wildman–Crippen MR) is 115 cm³/mol. The lowest BCUT2D eigenvalue weighted by Gasteiger charge is -2.56. The number of aliphatic hydroxyl groups excluding tert-OH is 1. The monoisotopic (exact) mass is 402 g/mol. The Balaban J connectivity index is 1.56.